The number of anilines is 2. The average Bonchev–Trinajstić information content (AvgIpc) is 2.63. The van der Waals surface area contributed by atoms with Gasteiger partial charge in [-0.25, -0.2) is 0 Å². The molecule has 0 aliphatic carbocycles. The van der Waals surface area contributed by atoms with E-state index >= 15 is 0 Å². The normalized spacial score (nSPS) is 10.2. The zero-order chi connectivity index (χ0) is 12.4. The van der Waals surface area contributed by atoms with Gasteiger partial charge in [-0.15, -0.1) is 0 Å². The minimum Gasteiger partial charge on any atom is -0.347 e. The first-order chi connectivity index (χ1) is 8.06. The van der Waals surface area contributed by atoms with Crippen LogP contribution in [-0.2, 0) is 7.05 Å². The van der Waals surface area contributed by atoms with Crippen LogP contribution in [0.3, 0.4) is 0 Å². The quantitative estimate of drug-likeness (QED) is 0.698. The van der Waals surface area contributed by atoms with Crippen LogP contribution in [0.25, 0.3) is 0 Å². The van der Waals surface area contributed by atoms with Gasteiger partial charge in [0.2, 0.25) is 0 Å². The summed E-state index contributed by atoms with van der Waals surface area (Å²) in [5.41, 5.74) is 1.16. The molecule has 1 aromatic heterocycles. The molecule has 0 spiro atoms. The van der Waals surface area contributed by atoms with Crippen LogP contribution >= 0.6 is 15.9 Å². The van der Waals surface area contributed by atoms with E-state index < -0.39 is 4.92 Å². The molecule has 1 N–H and O–H groups in total. The highest BCUT2D eigenvalue weighted by Gasteiger charge is 2.14. The van der Waals surface area contributed by atoms with Crippen LogP contribution < -0.4 is 5.32 Å². The SMILES string of the molecule is Cn1cc(Nc2cc(Br)ccc2[N+](=O)[O-])cn1. The number of nitro groups is 1. The van der Waals surface area contributed by atoms with E-state index in [9.17, 15) is 10.1 Å². The molecule has 0 radical (unpaired) electrons. The largest absolute Gasteiger partial charge is 0.347 e. The molecule has 7 heteroatoms. The van der Waals surface area contributed by atoms with Crippen LogP contribution in [-0.4, -0.2) is 14.7 Å². The Morgan fingerprint density at radius 1 is 1.53 bits per heavy atom. The fourth-order valence-electron chi connectivity index (χ4n) is 1.41. The molecule has 0 aliphatic heterocycles. The Kier molecular flexibility index (Phi) is 3.10. The monoisotopic (exact) mass is 296 g/mol. The van der Waals surface area contributed by atoms with Crippen molar-refractivity contribution in [3.8, 4) is 0 Å². The minimum absolute atomic E-state index is 0.0250. The summed E-state index contributed by atoms with van der Waals surface area (Å²) in [5, 5.41) is 17.8. The summed E-state index contributed by atoms with van der Waals surface area (Å²) in [5.74, 6) is 0. The molecule has 0 unspecified atom stereocenters. The van der Waals surface area contributed by atoms with E-state index in [4.69, 9.17) is 0 Å². The molecule has 0 aliphatic rings. The van der Waals surface area contributed by atoms with E-state index in [1.807, 2.05) is 0 Å². The van der Waals surface area contributed by atoms with Crippen molar-refractivity contribution >= 4 is 33.0 Å². The molecule has 88 valence electrons. The average molecular weight is 297 g/mol. The second-order valence-electron chi connectivity index (χ2n) is 3.45. The molecule has 2 aromatic rings. The fraction of sp³-hybridized carbons (Fsp3) is 0.100. The van der Waals surface area contributed by atoms with E-state index in [1.54, 1.807) is 36.3 Å². The number of halogens is 1. The van der Waals surface area contributed by atoms with Gasteiger partial charge >= 0.3 is 0 Å². The summed E-state index contributed by atoms with van der Waals surface area (Å²) in [7, 11) is 1.78. The Morgan fingerprint density at radius 2 is 2.29 bits per heavy atom. The predicted molar refractivity (Wildman–Crippen MR) is 67.3 cm³/mol. The van der Waals surface area contributed by atoms with Crippen molar-refractivity contribution in [3.05, 3.63) is 45.2 Å². The van der Waals surface area contributed by atoms with Crippen LogP contribution in [0.2, 0.25) is 0 Å². The lowest BCUT2D eigenvalue weighted by molar-refractivity contribution is -0.383. The number of hydrogen-bond acceptors (Lipinski definition) is 4. The molecule has 0 atom stereocenters. The fourth-order valence-corrected chi connectivity index (χ4v) is 1.77. The van der Waals surface area contributed by atoms with Crippen LogP contribution in [0.5, 0.6) is 0 Å². The number of aromatic nitrogens is 2. The van der Waals surface area contributed by atoms with Gasteiger partial charge in [0.15, 0.2) is 0 Å². The third kappa shape index (κ3) is 2.62. The number of nitrogens with one attached hydrogen (secondary N) is 1. The number of nitrogens with zero attached hydrogens (tertiary/aromatic N) is 3. The summed E-state index contributed by atoms with van der Waals surface area (Å²) in [6, 6.07) is 4.74. The summed E-state index contributed by atoms with van der Waals surface area (Å²) in [6.07, 6.45) is 3.34. The number of nitro benzene ring substituents is 1. The van der Waals surface area contributed by atoms with Gasteiger partial charge in [-0.05, 0) is 12.1 Å². The van der Waals surface area contributed by atoms with Crippen molar-refractivity contribution in [1.29, 1.82) is 0 Å². The van der Waals surface area contributed by atoms with Crippen LogP contribution in [0, 0.1) is 10.1 Å². The molecule has 1 heterocycles. The van der Waals surface area contributed by atoms with Gasteiger partial charge in [0.1, 0.15) is 5.69 Å². The third-order valence-corrected chi connectivity index (χ3v) is 2.63. The van der Waals surface area contributed by atoms with Gasteiger partial charge in [-0.3, -0.25) is 14.8 Å². The Morgan fingerprint density at radius 3 is 2.88 bits per heavy atom. The smallest absolute Gasteiger partial charge is 0.292 e. The van der Waals surface area contributed by atoms with E-state index in [0.717, 1.165) is 4.47 Å². The van der Waals surface area contributed by atoms with Crippen molar-refractivity contribution in [2.75, 3.05) is 5.32 Å². The Hall–Kier alpha value is -1.89. The molecule has 0 amide bonds. The first-order valence-corrected chi connectivity index (χ1v) is 5.55. The molecule has 1 aromatic carbocycles. The number of benzene rings is 1. The van der Waals surface area contributed by atoms with Crippen molar-refractivity contribution < 1.29 is 4.92 Å². The molecule has 0 bridgehead atoms. The maximum Gasteiger partial charge on any atom is 0.292 e. The first-order valence-electron chi connectivity index (χ1n) is 4.76. The number of hydrogen-bond donors (Lipinski definition) is 1. The van der Waals surface area contributed by atoms with E-state index in [0.29, 0.717) is 11.4 Å². The third-order valence-electron chi connectivity index (χ3n) is 2.14. The van der Waals surface area contributed by atoms with Crippen LogP contribution in [0.15, 0.2) is 35.1 Å². The summed E-state index contributed by atoms with van der Waals surface area (Å²) >= 11 is 3.28. The number of rotatable bonds is 3. The Labute approximate surface area is 106 Å². The van der Waals surface area contributed by atoms with Gasteiger partial charge in [-0.1, -0.05) is 15.9 Å². The van der Waals surface area contributed by atoms with E-state index in [2.05, 4.69) is 26.3 Å². The standard InChI is InChI=1S/C10H9BrN4O2/c1-14-6-8(5-12-14)13-9-4-7(11)2-3-10(9)15(16)17/h2-6,13H,1H3. The number of aryl methyl sites for hydroxylation is 1. The van der Waals surface area contributed by atoms with Gasteiger partial charge in [0.25, 0.3) is 5.69 Å². The van der Waals surface area contributed by atoms with Gasteiger partial charge in [0.05, 0.1) is 16.8 Å². The topological polar surface area (TPSA) is 73.0 Å². The zero-order valence-corrected chi connectivity index (χ0v) is 10.5. The second kappa shape index (κ2) is 4.54. The zero-order valence-electron chi connectivity index (χ0n) is 8.92. The maximum atomic E-state index is 10.9. The van der Waals surface area contributed by atoms with Crippen LogP contribution in [0.1, 0.15) is 0 Å². The molecule has 17 heavy (non-hydrogen) atoms. The summed E-state index contributed by atoms with van der Waals surface area (Å²) in [6.45, 7) is 0. The van der Waals surface area contributed by atoms with Gasteiger partial charge < -0.3 is 5.32 Å². The minimum atomic E-state index is -0.425. The van der Waals surface area contributed by atoms with Gasteiger partial charge in [-0.2, -0.15) is 5.10 Å². The highest BCUT2D eigenvalue weighted by Crippen LogP contribution is 2.30. The molecule has 0 saturated heterocycles. The van der Waals surface area contributed by atoms with E-state index in [1.165, 1.54) is 6.07 Å². The van der Waals surface area contributed by atoms with Crippen LogP contribution in [0.4, 0.5) is 17.1 Å². The lowest BCUT2D eigenvalue weighted by Gasteiger charge is -2.04. The maximum absolute atomic E-state index is 10.9. The summed E-state index contributed by atoms with van der Waals surface area (Å²) in [4.78, 5) is 10.4. The second-order valence-corrected chi connectivity index (χ2v) is 4.36. The Balaban J connectivity index is 2.37. The molecular formula is C10H9BrN4O2. The molecule has 2 rings (SSSR count). The van der Waals surface area contributed by atoms with Crippen molar-refractivity contribution in [1.82, 2.24) is 9.78 Å². The van der Waals surface area contributed by atoms with Gasteiger partial charge in [0, 0.05) is 23.8 Å². The first kappa shape index (κ1) is 11.6. The lowest BCUT2D eigenvalue weighted by atomic mass is 10.2. The van der Waals surface area contributed by atoms with Crippen molar-refractivity contribution in [2.45, 2.75) is 0 Å². The van der Waals surface area contributed by atoms with Crippen molar-refractivity contribution in [3.63, 3.8) is 0 Å². The Bertz CT molecular complexity index is 567. The highest BCUT2D eigenvalue weighted by atomic mass is 79.9. The summed E-state index contributed by atoms with van der Waals surface area (Å²) < 4.78 is 2.39. The predicted octanol–water partition coefficient (Wildman–Crippen LogP) is 2.83. The van der Waals surface area contributed by atoms with Crippen molar-refractivity contribution in [2.24, 2.45) is 7.05 Å². The highest BCUT2D eigenvalue weighted by molar-refractivity contribution is 9.10. The molecular weight excluding hydrogens is 288 g/mol. The molecule has 6 nitrogen and oxygen atoms in total. The lowest BCUT2D eigenvalue weighted by Crippen LogP contribution is -1.96. The molecule has 0 fully saturated rings. The van der Waals surface area contributed by atoms with E-state index in [-0.39, 0.29) is 5.69 Å². The molecule has 0 saturated carbocycles.